The van der Waals surface area contributed by atoms with E-state index in [1.165, 1.54) is 0 Å². The van der Waals surface area contributed by atoms with Gasteiger partial charge in [0.25, 0.3) is 5.91 Å². The number of aromatic amines is 1. The lowest BCUT2D eigenvalue weighted by Crippen LogP contribution is -2.51. The molecule has 0 aromatic carbocycles. The van der Waals surface area contributed by atoms with E-state index in [0.29, 0.717) is 24.6 Å². The van der Waals surface area contributed by atoms with E-state index in [2.05, 4.69) is 15.5 Å². The van der Waals surface area contributed by atoms with Gasteiger partial charge in [0.1, 0.15) is 6.04 Å². The first kappa shape index (κ1) is 13.9. The zero-order valence-corrected chi connectivity index (χ0v) is 12.2. The first-order valence-electron chi connectivity index (χ1n) is 7.49. The van der Waals surface area contributed by atoms with Crippen molar-refractivity contribution in [2.24, 2.45) is 0 Å². The van der Waals surface area contributed by atoms with Crippen LogP contribution in [0.2, 0.25) is 0 Å². The van der Waals surface area contributed by atoms with Gasteiger partial charge in [0.15, 0.2) is 5.69 Å². The molecule has 1 aliphatic heterocycles. The van der Waals surface area contributed by atoms with Gasteiger partial charge in [-0.2, -0.15) is 5.10 Å². The van der Waals surface area contributed by atoms with Crippen LogP contribution in [-0.4, -0.2) is 46.5 Å². The predicted molar refractivity (Wildman–Crippen MR) is 77.7 cm³/mol. The van der Waals surface area contributed by atoms with Crippen molar-refractivity contribution in [2.45, 2.75) is 44.1 Å². The van der Waals surface area contributed by atoms with Gasteiger partial charge in [-0.15, -0.1) is 0 Å². The molecule has 2 aliphatic rings. The van der Waals surface area contributed by atoms with Gasteiger partial charge in [0.2, 0.25) is 5.91 Å². The molecule has 0 bridgehead atoms. The highest BCUT2D eigenvalue weighted by atomic mass is 16.2. The summed E-state index contributed by atoms with van der Waals surface area (Å²) in [6.45, 7) is 0.571. The van der Waals surface area contributed by atoms with Crippen molar-refractivity contribution < 1.29 is 9.59 Å². The van der Waals surface area contributed by atoms with Crippen molar-refractivity contribution >= 4 is 17.5 Å². The minimum absolute atomic E-state index is 0.125. The molecule has 1 aliphatic carbocycles. The number of carbonyl (C=O) groups is 2. The molecule has 3 rings (SSSR count). The van der Waals surface area contributed by atoms with Crippen LogP contribution in [0, 0.1) is 0 Å². The first-order chi connectivity index (χ1) is 10.1. The van der Waals surface area contributed by atoms with Crippen LogP contribution in [0.1, 0.15) is 54.2 Å². The third-order valence-corrected chi connectivity index (χ3v) is 4.33. The summed E-state index contributed by atoms with van der Waals surface area (Å²) in [6.07, 6.45) is 4.71. The zero-order valence-electron chi connectivity index (χ0n) is 12.2. The molecular formula is C14H21N5O2. The van der Waals surface area contributed by atoms with Crippen LogP contribution >= 0.6 is 0 Å². The van der Waals surface area contributed by atoms with Gasteiger partial charge in [-0.25, -0.2) is 0 Å². The summed E-state index contributed by atoms with van der Waals surface area (Å²) in [5.41, 5.74) is 7.64. The number of piperidine rings is 1. The number of carbonyl (C=O) groups excluding carboxylic acids is 2. The number of hydrogen-bond acceptors (Lipinski definition) is 4. The van der Waals surface area contributed by atoms with Crippen LogP contribution in [0.3, 0.4) is 0 Å². The van der Waals surface area contributed by atoms with Gasteiger partial charge in [-0.1, -0.05) is 0 Å². The van der Waals surface area contributed by atoms with Crippen molar-refractivity contribution in [3.63, 3.8) is 0 Å². The second kappa shape index (κ2) is 5.38. The molecular weight excluding hydrogens is 270 g/mol. The van der Waals surface area contributed by atoms with E-state index in [4.69, 9.17) is 5.73 Å². The lowest BCUT2D eigenvalue weighted by atomic mass is 10.0. The van der Waals surface area contributed by atoms with Crippen LogP contribution < -0.4 is 11.1 Å². The molecule has 2 heterocycles. The van der Waals surface area contributed by atoms with Crippen LogP contribution in [-0.2, 0) is 4.79 Å². The average Bonchev–Trinajstić information content (AvgIpc) is 3.28. The third-order valence-electron chi connectivity index (χ3n) is 4.33. The molecule has 1 aromatic rings. The Morgan fingerprint density at radius 1 is 1.33 bits per heavy atom. The molecule has 7 nitrogen and oxygen atoms in total. The Balaban J connectivity index is 1.84. The number of aromatic nitrogens is 2. The topological polar surface area (TPSA) is 104 Å². The number of amides is 2. The number of anilines is 1. The Kier molecular flexibility index (Phi) is 3.57. The number of nitrogens with zero attached hydrogens (tertiary/aromatic N) is 2. The lowest BCUT2D eigenvalue weighted by Gasteiger charge is -2.34. The fraction of sp³-hybridized carbons (Fsp3) is 0.643. The molecule has 1 saturated carbocycles. The smallest absolute Gasteiger partial charge is 0.277 e. The van der Waals surface area contributed by atoms with Gasteiger partial charge < -0.3 is 16.0 Å². The van der Waals surface area contributed by atoms with E-state index in [-0.39, 0.29) is 17.5 Å². The van der Waals surface area contributed by atoms with Gasteiger partial charge in [0, 0.05) is 19.5 Å². The van der Waals surface area contributed by atoms with E-state index in [1.807, 2.05) is 0 Å². The molecule has 21 heavy (non-hydrogen) atoms. The Labute approximate surface area is 123 Å². The fourth-order valence-electron chi connectivity index (χ4n) is 2.96. The van der Waals surface area contributed by atoms with Gasteiger partial charge in [0.05, 0.1) is 11.4 Å². The average molecular weight is 291 g/mol. The third kappa shape index (κ3) is 2.48. The molecule has 7 heteroatoms. The molecule has 4 N–H and O–H groups in total. The zero-order chi connectivity index (χ0) is 15.0. The lowest BCUT2D eigenvalue weighted by molar-refractivity contribution is -0.126. The highest BCUT2D eigenvalue weighted by Crippen LogP contribution is 2.42. The summed E-state index contributed by atoms with van der Waals surface area (Å²) in [4.78, 5) is 26.3. The number of hydrogen-bond donors (Lipinski definition) is 3. The number of nitrogens with two attached hydrogens (primary N) is 1. The van der Waals surface area contributed by atoms with Crippen LogP contribution in [0.5, 0.6) is 0 Å². The van der Waals surface area contributed by atoms with E-state index in [9.17, 15) is 9.59 Å². The van der Waals surface area contributed by atoms with Crippen LogP contribution in [0.25, 0.3) is 0 Å². The Bertz CT molecular complexity index is 564. The van der Waals surface area contributed by atoms with Gasteiger partial charge in [-0.3, -0.25) is 14.7 Å². The normalized spacial score (nSPS) is 22.1. The van der Waals surface area contributed by atoms with Gasteiger partial charge in [-0.05, 0) is 32.1 Å². The Hall–Kier alpha value is -2.05. The highest BCUT2D eigenvalue weighted by molar-refractivity contribution is 6.00. The molecule has 2 fully saturated rings. The second-order valence-electron chi connectivity index (χ2n) is 5.80. The molecule has 0 radical (unpaired) electrons. The van der Waals surface area contributed by atoms with Gasteiger partial charge >= 0.3 is 0 Å². The molecule has 1 unspecified atom stereocenters. The SMILES string of the molecule is CNC(=O)C1CCCCN1C(=O)c1n[nH]c(C2CC2)c1N. The van der Waals surface area contributed by atoms with Crippen molar-refractivity contribution in [3.8, 4) is 0 Å². The molecule has 0 spiro atoms. The van der Waals surface area contributed by atoms with E-state index < -0.39 is 6.04 Å². The summed E-state index contributed by atoms with van der Waals surface area (Å²) < 4.78 is 0. The largest absolute Gasteiger partial charge is 0.395 e. The minimum atomic E-state index is -0.420. The summed E-state index contributed by atoms with van der Waals surface area (Å²) in [6, 6.07) is -0.420. The van der Waals surface area contributed by atoms with E-state index in [0.717, 1.165) is 31.4 Å². The van der Waals surface area contributed by atoms with E-state index >= 15 is 0 Å². The first-order valence-corrected chi connectivity index (χ1v) is 7.49. The number of H-pyrrole nitrogens is 1. The highest BCUT2D eigenvalue weighted by Gasteiger charge is 2.36. The predicted octanol–water partition coefficient (Wildman–Crippen LogP) is 0.610. The Morgan fingerprint density at radius 3 is 2.76 bits per heavy atom. The molecule has 2 amide bonds. The monoisotopic (exact) mass is 291 g/mol. The minimum Gasteiger partial charge on any atom is -0.395 e. The summed E-state index contributed by atoms with van der Waals surface area (Å²) >= 11 is 0. The summed E-state index contributed by atoms with van der Waals surface area (Å²) in [7, 11) is 1.59. The number of nitrogens with one attached hydrogen (secondary N) is 2. The molecule has 114 valence electrons. The number of likely N-dealkylation sites (N-methyl/N-ethyl adjacent to an activating group) is 1. The number of rotatable bonds is 3. The van der Waals surface area contributed by atoms with Crippen LogP contribution in [0.4, 0.5) is 5.69 Å². The van der Waals surface area contributed by atoms with Crippen LogP contribution in [0.15, 0.2) is 0 Å². The maximum atomic E-state index is 12.7. The summed E-state index contributed by atoms with van der Waals surface area (Å²) in [5.74, 6) is 0.0404. The second-order valence-corrected chi connectivity index (χ2v) is 5.80. The number of likely N-dealkylation sites (tertiary alicyclic amines) is 1. The van der Waals surface area contributed by atoms with Crippen molar-refractivity contribution in [1.82, 2.24) is 20.4 Å². The fourth-order valence-corrected chi connectivity index (χ4v) is 2.96. The molecule has 1 atom stereocenters. The Morgan fingerprint density at radius 2 is 2.10 bits per heavy atom. The standard InChI is InChI=1S/C14H21N5O2/c1-16-13(20)9-4-2-3-7-19(9)14(21)12-10(15)11(17-18-12)8-5-6-8/h8-9H,2-7,15H2,1H3,(H,16,20)(H,17,18). The van der Waals surface area contributed by atoms with Crippen molar-refractivity contribution in [2.75, 3.05) is 19.3 Å². The quantitative estimate of drug-likeness (QED) is 0.759. The van der Waals surface area contributed by atoms with Crippen molar-refractivity contribution in [3.05, 3.63) is 11.4 Å². The van der Waals surface area contributed by atoms with E-state index in [1.54, 1.807) is 11.9 Å². The molecule has 1 saturated heterocycles. The maximum absolute atomic E-state index is 12.7. The number of nitrogen functional groups attached to an aromatic ring is 1. The maximum Gasteiger partial charge on any atom is 0.277 e. The molecule has 1 aromatic heterocycles. The van der Waals surface area contributed by atoms with Crippen molar-refractivity contribution in [1.29, 1.82) is 0 Å². The summed E-state index contributed by atoms with van der Waals surface area (Å²) in [5, 5.41) is 9.62.